The Balaban J connectivity index is 2.03. The van der Waals surface area contributed by atoms with Gasteiger partial charge in [0.05, 0.1) is 16.6 Å². The molecule has 3 rings (SSSR count). The molecule has 1 aliphatic rings. The molecule has 1 fully saturated rings. The predicted octanol–water partition coefficient (Wildman–Crippen LogP) is 3.17. The summed E-state index contributed by atoms with van der Waals surface area (Å²) in [5.74, 6) is -0.458. The lowest BCUT2D eigenvalue weighted by Gasteiger charge is -2.28. The van der Waals surface area contributed by atoms with E-state index in [0.29, 0.717) is 11.4 Å². The number of nitrogens with zero attached hydrogens (tertiary/aromatic N) is 1. The van der Waals surface area contributed by atoms with Gasteiger partial charge in [-0.25, -0.2) is 9.59 Å². The fourth-order valence-corrected chi connectivity index (χ4v) is 3.50. The van der Waals surface area contributed by atoms with Crippen molar-refractivity contribution in [3.8, 4) is 0 Å². The maximum Gasteiger partial charge on any atom is 0.335 e. The van der Waals surface area contributed by atoms with E-state index >= 15 is 0 Å². The number of aromatic amines is 1. The van der Waals surface area contributed by atoms with Crippen LogP contribution in [0.4, 0.5) is 0 Å². The molecule has 0 bridgehead atoms. The smallest absolute Gasteiger partial charge is 0.335 e. The number of aromatic nitrogens is 2. The van der Waals surface area contributed by atoms with Gasteiger partial charge in [-0.1, -0.05) is 19.3 Å². The molecule has 0 radical (unpaired) electrons. The molecular weight excluding hydrogens is 268 g/mol. The van der Waals surface area contributed by atoms with Gasteiger partial charge in [0.2, 0.25) is 0 Å². The summed E-state index contributed by atoms with van der Waals surface area (Å²) in [6.07, 6.45) is 6.07. The second kappa shape index (κ2) is 5.39. The van der Waals surface area contributed by atoms with Crippen molar-refractivity contribution in [3.63, 3.8) is 0 Å². The van der Waals surface area contributed by atoms with Gasteiger partial charge in [-0.2, -0.15) is 0 Å². The molecule has 2 aromatic rings. The Morgan fingerprint density at radius 1 is 1.33 bits per heavy atom. The van der Waals surface area contributed by atoms with Gasteiger partial charge >= 0.3 is 11.7 Å². The van der Waals surface area contributed by atoms with Crippen molar-refractivity contribution in [2.75, 3.05) is 0 Å². The molecule has 5 heteroatoms. The number of fused-ring (bicyclic) bond motifs is 1. The molecule has 0 amide bonds. The average Bonchev–Trinajstić information content (AvgIpc) is 2.82. The standard InChI is InChI=1S/C16H20N2O3/c1-10(11-5-3-2-4-6-11)18-14-8-7-12(15(19)20)9-13(14)17-16(18)21/h7-11H,2-6H2,1H3,(H,17,21)(H,19,20). The van der Waals surface area contributed by atoms with E-state index in [0.717, 1.165) is 18.4 Å². The van der Waals surface area contributed by atoms with E-state index < -0.39 is 5.97 Å². The van der Waals surface area contributed by atoms with Crippen molar-refractivity contribution in [1.82, 2.24) is 9.55 Å². The van der Waals surface area contributed by atoms with Crippen LogP contribution >= 0.6 is 0 Å². The van der Waals surface area contributed by atoms with Crippen LogP contribution in [0.5, 0.6) is 0 Å². The first kappa shape index (κ1) is 13.9. The molecule has 21 heavy (non-hydrogen) atoms. The zero-order valence-electron chi connectivity index (χ0n) is 12.1. The highest BCUT2D eigenvalue weighted by atomic mass is 16.4. The molecule has 1 aromatic heterocycles. The number of nitrogens with one attached hydrogen (secondary N) is 1. The van der Waals surface area contributed by atoms with Crippen LogP contribution < -0.4 is 5.69 Å². The first-order valence-electron chi connectivity index (χ1n) is 7.55. The van der Waals surface area contributed by atoms with Gasteiger partial charge in [-0.05, 0) is 43.9 Å². The van der Waals surface area contributed by atoms with Gasteiger partial charge in [0.25, 0.3) is 0 Å². The van der Waals surface area contributed by atoms with Gasteiger partial charge in [-0.15, -0.1) is 0 Å². The Labute approximate surface area is 122 Å². The summed E-state index contributed by atoms with van der Waals surface area (Å²) < 4.78 is 1.79. The lowest BCUT2D eigenvalue weighted by molar-refractivity contribution is 0.0697. The molecule has 5 nitrogen and oxygen atoms in total. The second-order valence-corrected chi connectivity index (χ2v) is 5.98. The minimum Gasteiger partial charge on any atom is -0.478 e. The number of benzene rings is 1. The van der Waals surface area contributed by atoms with Crippen molar-refractivity contribution in [3.05, 3.63) is 34.2 Å². The van der Waals surface area contributed by atoms with Gasteiger partial charge in [0, 0.05) is 6.04 Å². The minimum absolute atomic E-state index is 0.141. The number of imidazole rings is 1. The van der Waals surface area contributed by atoms with E-state index in [1.54, 1.807) is 16.7 Å². The van der Waals surface area contributed by atoms with Gasteiger partial charge < -0.3 is 10.1 Å². The maximum atomic E-state index is 12.3. The Hall–Kier alpha value is -2.04. The summed E-state index contributed by atoms with van der Waals surface area (Å²) >= 11 is 0. The van der Waals surface area contributed by atoms with E-state index in [9.17, 15) is 9.59 Å². The molecular formula is C16H20N2O3. The summed E-state index contributed by atoms with van der Waals surface area (Å²) in [6, 6.07) is 4.96. The Bertz CT molecular complexity index is 723. The highest BCUT2D eigenvalue weighted by Crippen LogP contribution is 2.33. The largest absolute Gasteiger partial charge is 0.478 e. The summed E-state index contributed by atoms with van der Waals surface area (Å²) in [6.45, 7) is 2.09. The van der Waals surface area contributed by atoms with E-state index in [4.69, 9.17) is 5.11 Å². The van der Waals surface area contributed by atoms with Crippen LogP contribution in [0.3, 0.4) is 0 Å². The third-order valence-corrected chi connectivity index (χ3v) is 4.70. The number of carboxylic acids is 1. The number of aromatic carboxylic acids is 1. The first-order valence-corrected chi connectivity index (χ1v) is 7.55. The topological polar surface area (TPSA) is 75.1 Å². The molecule has 0 saturated heterocycles. The molecule has 1 saturated carbocycles. The SMILES string of the molecule is CC(C1CCCCC1)n1c(=O)[nH]c2cc(C(=O)O)ccc21. The van der Waals surface area contributed by atoms with Crippen LogP contribution in [0.2, 0.25) is 0 Å². The number of carbonyl (C=O) groups is 1. The fraction of sp³-hybridized carbons (Fsp3) is 0.500. The molecule has 112 valence electrons. The van der Waals surface area contributed by atoms with Crippen LogP contribution in [0.15, 0.2) is 23.0 Å². The monoisotopic (exact) mass is 288 g/mol. The zero-order chi connectivity index (χ0) is 15.0. The van der Waals surface area contributed by atoms with Crippen LogP contribution in [0.1, 0.15) is 55.4 Å². The van der Waals surface area contributed by atoms with E-state index in [1.165, 1.54) is 25.3 Å². The maximum absolute atomic E-state index is 12.3. The minimum atomic E-state index is -0.981. The van der Waals surface area contributed by atoms with Crippen molar-refractivity contribution in [2.24, 2.45) is 5.92 Å². The average molecular weight is 288 g/mol. The molecule has 1 aromatic carbocycles. The van der Waals surface area contributed by atoms with Crippen molar-refractivity contribution in [1.29, 1.82) is 0 Å². The number of hydrogen-bond acceptors (Lipinski definition) is 2. The molecule has 1 aliphatic carbocycles. The van der Waals surface area contributed by atoms with Gasteiger partial charge in [0.1, 0.15) is 0 Å². The number of carboxylic acid groups (broad SMARTS) is 1. The second-order valence-electron chi connectivity index (χ2n) is 5.98. The number of hydrogen-bond donors (Lipinski definition) is 2. The molecule has 1 unspecified atom stereocenters. The van der Waals surface area contributed by atoms with Crippen molar-refractivity contribution in [2.45, 2.75) is 45.1 Å². The molecule has 1 heterocycles. The molecule has 2 N–H and O–H groups in total. The summed E-state index contributed by atoms with van der Waals surface area (Å²) in [4.78, 5) is 26.1. The molecule has 0 aliphatic heterocycles. The van der Waals surface area contributed by atoms with Gasteiger partial charge in [-0.3, -0.25) is 4.57 Å². The first-order chi connectivity index (χ1) is 10.1. The zero-order valence-corrected chi connectivity index (χ0v) is 12.1. The third kappa shape index (κ3) is 2.48. The fourth-order valence-electron chi connectivity index (χ4n) is 3.50. The molecule has 0 spiro atoms. The molecule has 1 atom stereocenters. The van der Waals surface area contributed by atoms with E-state index in [2.05, 4.69) is 11.9 Å². The predicted molar refractivity (Wildman–Crippen MR) is 80.8 cm³/mol. The van der Waals surface area contributed by atoms with Crippen LogP contribution in [-0.4, -0.2) is 20.6 Å². The lowest BCUT2D eigenvalue weighted by Crippen LogP contribution is -2.27. The van der Waals surface area contributed by atoms with E-state index in [-0.39, 0.29) is 17.3 Å². The van der Waals surface area contributed by atoms with Gasteiger partial charge in [0.15, 0.2) is 0 Å². The van der Waals surface area contributed by atoms with Crippen LogP contribution in [0.25, 0.3) is 11.0 Å². The quantitative estimate of drug-likeness (QED) is 0.911. The highest BCUT2D eigenvalue weighted by molar-refractivity contribution is 5.92. The highest BCUT2D eigenvalue weighted by Gasteiger charge is 2.24. The summed E-state index contributed by atoms with van der Waals surface area (Å²) in [5.41, 5.74) is 1.44. The van der Waals surface area contributed by atoms with E-state index in [1.807, 2.05) is 0 Å². The van der Waals surface area contributed by atoms with Crippen molar-refractivity contribution >= 4 is 17.0 Å². The summed E-state index contributed by atoms with van der Waals surface area (Å²) in [7, 11) is 0. The Morgan fingerprint density at radius 2 is 2.05 bits per heavy atom. The number of H-pyrrole nitrogens is 1. The lowest BCUT2D eigenvalue weighted by atomic mass is 9.84. The van der Waals surface area contributed by atoms with Crippen LogP contribution in [-0.2, 0) is 0 Å². The third-order valence-electron chi connectivity index (χ3n) is 4.70. The normalized spacial score (nSPS) is 18.0. The number of rotatable bonds is 3. The summed E-state index contributed by atoms with van der Waals surface area (Å²) in [5, 5.41) is 9.03. The van der Waals surface area contributed by atoms with Crippen molar-refractivity contribution < 1.29 is 9.90 Å². The Kier molecular flexibility index (Phi) is 3.57. The Morgan fingerprint density at radius 3 is 2.71 bits per heavy atom. The van der Waals surface area contributed by atoms with Crippen LogP contribution in [0, 0.1) is 5.92 Å².